The molecule has 7 nitrogen and oxygen atoms in total. The maximum atomic E-state index is 12.1. The lowest BCUT2D eigenvalue weighted by atomic mass is 10.3. The molecule has 0 radical (unpaired) electrons. The van der Waals surface area contributed by atoms with Crippen molar-refractivity contribution in [2.24, 2.45) is 0 Å². The van der Waals surface area contributed by atoms with Crippen LogP contribution in [0.25, 0.3) is 0 Å². The number of sulfone groups is 1. The Morgan fingerprint density at radius 3 is 2.60 bits per heavy atom. The smallest absolute Gasteiger partial charge is 0.324 e. The molecule has 3 amide bonds. The van der Waals surface area contributed by atoms with E-state index >= 15 is 0 Å². The van der Waals surface area contributed by atoms with Gasteiger partial charge in [0.25, 0.3) is 5.91 Å². The molecule has 0 saturated carbocycles. The fourth-order valence-electron chi connectivity index (χ4n) is 1.88. The highest BCUT2D eigenvalue weighted by Crippen LogP contribution is 2.17. The van der Waals surface area contributed by atoms with Crippen molar-refractivity contribution in [2.75, 3.05) is 12.3 Å². The number of carbonyl (C=O) groups excluding carboxylic acids is 2. The van der Waals surface area contributed by atoms with Crippen molar-refractivity contribution < 1.29 is 23.1 Å². The summed E-state index contributed by atoms with van der Waals surface area (Å²) in [5.41, 5.74) is 0. The van der Waals surface area contributed by atoms with Crippen LogP contribution in [0.5, 0.6) is 5.75 Å². The third-order valence-electron chi connectivity index (χ3n) is 2.98. The summed E-state index contributed by atoms with van der Waals surface area (Å²) < 4.78 is 24.1. The Kier molecular flexibility index (Phi) is 3.67. The molecule has 1 aliphatic rings. The minimum atomic E-state index is -3.67. The Morgan fingerprint density at radius 2 is 2.05 bits per heavy atom. The van der Waals surface area contributed by atoms with Gasteiger partial charge >= 0.3 is 6.03 Å². The summed E-state index contributed by atoms with van der Waals surface area (Å²) in [5.74, 6) is -0.988. The van der Waals surface area contributed by atoms with Gasteiger partial charge in [0, 0.05) is 6.54 Å². The first kappa shape index (κ1) is 14.3. The van der Waals surface area contributed by atoms with Crippen molar-refractivity contribution in [1.29, 1.82) is 0 Å². The van der Waals surface area contributed by atoms with Gasteiger partial charge in [0.05, 0.1) is 10.6 Å². The number of carbonyl (C=O) groups is 2. The number of aromatic hydroxyl groups is 1. The molecule has 0 aromatic heterocycles. The maximum Gasteiger partial charge on any atom is 0.324 e. The molecule has 8 heteroatoms. The quantitative estimate of drug-likeness (QED) is 0.768. The number of amides is 3. The van der Waals surface area contributed by atoms with E-state index in [4.69, 9.17) is 0 Å². The van der Waals surface area contributed by atoms with Gasteiger partial charge < -0.3 is 10.4 Å². The third-order valence-corrected chi connectivity index (χ3v) is 4.67. The second kappa shape index (κ2) is 5.12. The lowest BCUT2D eigenvalue weighted by Gasteiger charge is -2.12. The summed E-state index contributed by atoms with van der Waals surface area (Å²) in [5, 5.41) is 11.7. The minimum Gasteiger partial charge on any atom is -0.508 e. The van der Waals surface area contributed by atoms with Gasteiger partial charge in [-0.05, 0) is 25.1 Å². The number of urea groups is 1. The van der Waals surface area contributed by atoms with Crippen LogP contribution in [0.4, 0.5) is 4.79 Å². The van der Waals surface area contributed by atoms with Crippen LogP contribution >= 0.6 is 0 Å². The lowest BCUT2D eigenvalue weighted by Crippen LogP contribution is -2.35. The molecule has 0 spiro atoms. The largest absolute Gasteiger partial charge is 0.508 e. The van der Waals surface area contributed by atoms with Crippen molar-refractivity contribution in [1.82, 2.24) is 10.2 Å². The van der Waals surface area contributed by atoms with E-state index in [0.29, 0.717) is 0 Å². The van der Waals surface area contributed by atoms with E-state index in [1.165, 1.54) is 25.1 Å². The van der Waals surface area contributed by atoms with Crippen LogP contribution < -0.4 is 5.32 Å². The molecular formula is C12H14N2O5S. The summed E-state index contributed by atoms with van der Waals surface area (Å²) in [6, 6.07) is 4.03. The molecule has 0 bridgehead atoms. The lowest BCUT2D eigenvalue weighted by molar-refractivity contribution is -0.126. The number of imide groups is 1. The molecule has 1 aliphatic heterocycles. The van der Waals surface area contributed by atoms with Gasteiger partial charge in [-0.25, -0.2) is 13.2 Å². The average molecular weight is 298 g/mol. The summed E-state index contributed by atoms with van der Waals surface area (Å²) in [7, 11) is -3.67. The first-order valence-corrected chi connectivity index (χ1v) is 7.60. The molecule has 2 rings (SSSR count). The summed E-state index contributed by atoms with van der Waals surface area (Å²) in [4.78, 5) is 23.9. The molecule has 1 atom stereocenters. The van der Waals surface area contributed by atoms with E-state index < -0.39 is 27.8 Å². The van der Waals surface area contributed by atoms with Crippen molar-refractivity contribution >= 4 is 21.8 Å². The second-order valence-corrected chi connectivity index (χ2v) is 6.59. The number of benzene rings is 1. The van der Waals surface area contributed by atoms with Gasteiger partial charge in [-0.1, -0.05) is 6.07 Å². The van der Waals surface area contributed by atoms with Crippen LogP contribution in [0.3, 0.4) is 0 Å². The zero-order valence-electron chi connectivity index (χ0n) is 10.7. The molecular weight excluding hydrogens is 284 g/mol. The summed E-state index contributed by atoms with van der Waals surface area (Å²) in [6.07, 6.45) is 0. The molecule has 20 heavy (non-hydrogen) atoms. The SMILES string of the molecule is CC1NC(=O)N(CCS(=O)(=O)c2cccc(O)c2)C1=O. The van der Waals surface area contributed by atoms with E-state index in [0.717, 1.165) is 11.0 Å². The molecule has 1 heterocycles. The first-order chi connectivity index (χ1) is 9.31. The van der Waals surface area contributed by atoms with Crippen LogP contribution in [-0.2, 0) is 14.6 Å². The van der Waals surface area contributed by atoms with Gasteiger partial charge in [-0.15, -0.1) is 0 Å². The van der Waals surface area contributed by atoms with Gasteiger partial charge in [0.2, 0.25) is 0 Å². The monoisotopic (exact) mass is 298 g/mol. The normalized spacial score (nSPS) is 19.2. The number of phenols is 1. The number of nitrogens with zero attached hydrogens (tertiary/aromatic N) is 1. The van der Waals surface area contributed by atoms with Crippen molar-refractivity contribution in [3.05, 3.63) is 24.3 Å². The predicted octanol–water partition coefficient (Wildman–Crippen LogP) is 0.106. The van der Waals surface area contributed by atoms with Gasteiger partial charge in [-0.2, -0.15) is 0 Å². The van der Waals surface area contributed by atoms with Crippen molar-refractivity contribution in [3.63, 3.8) is 0 Å². The van der Waals surface area contributed by atoms with Gasteiger partial charge in [0.1, 0.15) is 11.8 Å². The molecule has 2 N–H and O–H groups in total. The minimum absolute atomic E-state index is 0.0439. The highest BCUT2D eigenvalue weighted by Gasteiger charge is 2.35. The van der Waals surface area contributed by atoms with Crippen molar-refractivity contribution in [3.8, 4) is 5.75 Å². The number of hydrogen-bond acceptors (Lipinski definition) is 5. The molecule has 1 fully saturated rings. The molecule has 1 aromatic carbocycles. The molecule has 108 valence electrons. The zero-order chi connectivity index (χ0) is 14.9. The summed E-state index contributed by atoms with van der Waals surface area (Å²) in [6.45, 7) is 1.32. The summed E-state index contributed by atoms with van der Waals surface area (Å²) >= 11 is 0. The highest BCUT2D eigenvalue weighted by atomic mass is 32.2. The van der Waals surface area contributed by atoms with Crippen LogP contribution in [0.1, 0.15) is 6.92 Å². The second-order valence-electron chi connectivity index (χ2n) is 4.48. The Morgan fingerprint density at radius 1 is 1.35 bits per heavy atom. The average Bonchev–Trinajstić information content (AvgIpc) is 2.61. The van der Waals surface area contributed by atoms with Crippen LogP contribution in [0.2, 0.25) is 0 Å². The predicted molar refractivity (Wildman–Crippen MR) is 69.9 cm³/mol. The molecule has 1 unspecified atom stereocenters. The van der Waals surface area contributed by atoms with E-state index in [-0.39, 0.29) is 22.9 Å². The fourth-order valence-corrected chi connectivity index (χ4v) is 3.12. The first-order valence-electron chi connectivity index (χ1n) is 5.95. The highest BCUT2D eigenvalue weighted by molar-refractivity contribution is 7.91. The number of nitrogens with one attached hydrogen (secondary N) is 1. The Bertz CT molecular complexity index is 656. The number of phenolic OH excluding ortho intramolecular Hbond substituents is 1. The maximum absolute atomic E-state index is 12.1. The standard InChI is InChI=1S/C12H14N2O5S/c1-8-11(16)14(12(17)13-8)5-6-20(18,19)10-4-2-3-9(15)7-10/h2-4,7-8,15H,5-6H2,1H3,(H,13,17). The Labute approximate surface area is 116 Å². The Hall–Kier alpha value is -2.09. The van der Waals surface area contributed by atoms with Gasteiger partial charge in [-0.3, -0.25) is 9.69 Å². The van der Waals surface area contributed by atoms with E-state index in [1.54, 1.807) is 0 Å². The zero-order valence-corrected chi connectivity index (χ0v) is 11.6. The fraction of sp³-hybridized carbons (Fsp3) is 0.333. The molecule has 1 aromatic rings. The van der Waals surface area contributed by atoms with E-state index in [9.17, 15) is 23.1 Å². The molecule has 1 saturated heterocycles. The number of hydrogen-bond donors (Lipinski definition) is 2. The van der Waals surface area contributed by atoms with E-state index in [1.807, 2.05) is 0 Å². The van der Waals surface area contributed by atoms with E-state index in [2.05, 4.69) is 5.32 Å². The van der Waals surface area contributed by atoms with Crippen LogP contribution in [-0.4, -0.2) is 48.7 Å². The number of rotatable bonds is 4. The third kappa shape index (κ3) is 2.74. The van der Waals surface area contributed by atoms with Crippen molar-refractivity contribution in [2.45, 2.75) is 17.9 Å². The molecule has 0 aliphatic carbocycles. The topological polar surface area (TPSA) is 104 Å². The van der Waals surface area contributed by atoms with Crippen LogP contribution in [0, 0.1) is 0 Å². The van der Waals surface area contributed by atoms with Crippen LogP contribution in [0.15, 0.2) is 29.2 Å². The Balaban J connectivity index is 2.11. The van der Waals surface area contributed by atoms with Gasteiger partial charge in [0.15, 0.2) is 9.84 Å².